The minimum Gasteiger partial charge on any atom is -0.493 e. The van der Waals surface area contributed by atoms with Crippen molar-refractivity contribution in [1.29, 1.82) is 0 Å². The normalized spacial score (nSPS) is 10.7. The number of nitrogens with zero attached hydrogens (tertiary/aromatic N) is 1. The number of likely N-dealkylation sites (N-methyl/N-ethyl adjacent to an activating group) is 1. The van der Waals surface area contributed by atoms with Gasteiger partial charge in [-0.25, -0.2) is 0 Å². The van der Waals surface area contributed by atoms with Crippen molar-refractivity contribution < 1.29 is 18.7 Å². The molecule has 0 fully saturated rings. The number of carbonyl (C=O) groups is 1. The van der Waals surface area contributed by atoms with Crippen LogP contribution in [-0.4, -0.2) is 38.6 Å². The maximum absolute atomic E-state index is 12.5. The Bertz CT molecular complexity index is 851. The molecule has 0 saturated heterocycles. The quantitative estimate of drug-likeness (QED) is 0.686. The van der Waals surface area contributed by atoms with E-state index in [1.54, 1.807) is 32.2 Å². The first kappa shape index (κ1) is 16.9. The predicted molar refractivity (Wildman–Crippen MR) is 96.4 cm³/mol. The largest absolute Gasteiger partial charge is 0.493 e. The number of hydrogen-bond donors (Lipinski definition) is 0. The lowest BCUT2D eigenvalue weighted by atomic mass is 10.1. The molecule has 0 N–H and O–H groups in total. The van der Waals surface area contributed by atoms with E-state index in [9.17, 15) is 4.79 Å². The van der Waals surface area contributed by atoms with Crippen LogP contribution >= 0.6 is 0 Å². The van der Waals surface area contributed by atoms with E-state index in [4.69, 9.17) is 13.9 Å². The van der Waals surface area contributed by atoms with Crippen LogP contribution in [0.3, 0.4) is 0 Å². The smallest absolute Gasteiger partial charge is 0.289 e. The molecule has 25 heavy (non-hydrogen) atoms. The predicted octanol–water partition coefficient (Wildman–Crippen LogP) is 3.76. The van der Waals surface area contributed by atoms with Crippen LogP contribution in [0.25, 0.3) is 11.0 Å². The fourth-order valence-corrected chi connectivity index (χ4v) is 2.71. The lowest BCUT2D eigenvalue weighted by Gasteiger charge is -2.16. The van der Waals surface area contributed by atoms with Crippen molar-refractivity contribution in [2.75, 3.05) is 27.8 Å². The molecule has 3 aromatic rings. The van der Waals surface area contributed by atoms with Gasteiger partial charge in [0.15, 0.2) is 17.3 Å². The van der Waals surface area contributed by atoms with Crippen LogP contribution in [0.4, 0.5) is 0 Å². The molecular weight excluding hydrogens is 318 g/mol. The number of benzene rings is 2. The van der Waals surface area contributed by atoms with Crippen LogP contribution in [-0.2, 0) is 6.42 Å². The monoisotopic (exact) mass is 339 g/mol. The number of methoxy groups -OCH3 is 2. The van der Waals surface area contributed by atoms with E-state index in [1.807, 2.05) is 42.5 Å². The molecular formula is C20H21NO4. The fraction of sp³-hybridized carbons (Fsp3) is 0.250. The summed E-state index contributed by atoms with van der Waals surface area (Å²) in [4.78, 5) is 14.2. The van der Waals surface area contributed by atoms with Gasteiger partial charge in [-0.15, -0.1) is 0 Å². The number of ether oxygens (including phenoxy) is 2. The van der Waals surface area contributed by atoms with E-state index in [-0.39, 0.29) is 5.91 Å². The summed E-state index contributed by atoms with van der Waals surface area (Å²) in [7, 11) is 4.99. The van der Waals surface area contributed by atoms with Crippen molar-refractivity contribution in [2.45, 2.75) is 6.42 Å². The Morgan fingerprint density at radius 1 is 1.04 bits per heavy atom. The Kier molecular flexibility index (Phi) is 4.93. The van der Waals surface area contributed by atoms with Crippen molar-refractivity contribution >= 4 is 16.9 Å². The average Bonchev–Trinajstić information content (AvgIpc) is 3.09. The molecule has 0 aliphatic rings. The van der Waals surface area contributed by atoms with Gasteiger partial charge in [-0.3, -0.25) is 4.79 Å². The summed E-state index contributed by atoms with van der Waals surface area (Å²) in [5.41, 5.74) is 1.79. The second-order valence-corrected chi connectivity index (χ2v) is 5.81. The van der Waals surface area contributed by atoms with Crippen molar-refractivity contribution in [3.05, 3.63) is 59.9 Å². The molecule has 5 heteroatoms. The summed E-state index contributed by atoms with van der Waals surface area (Å²) in [6.45, 7) is 0.575. The summed E-state index contributed by atoms with van der Waals surface area (Å²) in [6.07, 6.45) is 0.711. The van der Waals surface area contributed by atoms with Gasteiger partial charge in [0.05, 0.1) is 14.2 Å². The molecule has 0 atom stereocenters. The van der Waals surface area contributed by atoms with Crippen LogP contribution in [0.1, 0.15) is 16.1 Å². The van der Waals surface area contributed by atoms with Crippen LogP contribution < -0.4 is 9.47 Å². The first-order valence-corrected chi connectivity index (χ1v) is 8.07. The second-order valence-electron chi connectivity index (χ2n) is 5.81. The fourth-order valence-electron chi connectivity index (χ4n) is 2.71. The molecule has 1 heterocycles. The van der Waals surface area contributed by atoms with Crippen molar-refractivity contribution in [3.8, 4) is 11.5 Å². The summed E-state index contributed by atoms with van der Waals surface area (Å²) < 4.78 is 16.2. The van der Waals surface area contributed by atoms with Gasteiger partial charge in [0, 0.05) is 19.0 Å². The molecule has 3 rings (SSSR count). The van der Waals surface area contributed by atoms with Gasteiger partial charge in [0.1, 0.15) is 5.58 Å². The topological polar surface area (TPSA) is 51.9 Å². The van der Waals surface area contributed by atoms with Crippen molar-refractivity contribution in [2.24, 2.45) is 0 Å². The van der Waals surface area contributed by atoms with Gasteiger partial charge in [0.25, 0.3) is 5.91 Å². The van der Waals surface area contributed by atoms with Gasteiger partial charge < -0.3 is 18.8 Å². The van der Waals surface area contributed by atoms with Gasteiger partial charge in [0.2, 0.25) is 0 Å². The molecule has 0 radical (unpaired) electrons. The zero-order valence-electron chi connectivity index (χ0n) is 14.6. The Hall–Kier alpha value is -2.95. The molecule has 0 spiro atoms. The van der Waals surface area contributed by atoms with E-state index in [1.165, 1.54) is 0 Å². The summed E-state index contributed by atoms with van der Waals surface area (Å²) in [6, 6.07) is 15.2. The number of para-hydroxylation sites is 1. The van der Waals surface area contributed by atoms with Crippen molar-refractivity contribution in [1.82, 2.24) is 4.90 Å². The molecule has 0 aliphatic carbocycles. The Balaban J connectivity index is 1.67. The minimum absolute atomic E-state index is 0.128. The van der Waals surface area contributed by atoms with Crippen LogP contribution in [0.5, 0.6) is 11.5 Å². The van der Waals surface area contributed by atoms with E-state index >= 15 is 0 Å². The highest BCUT2D eigenvalue weighted by Crippen LogP contribution is 2.27. The number of hydrogen-bond acceptors (Lipinski definition) is 4. The SMILES string of the molecule is COc1ccc(CCN(C)C(=O)c2cc3ccccc3o2)cc1OC. The highest BCUT2D eigenvalue weighted by molar-refractivity contribution is 5.95. The first-order valence-electron chi connectivity index (χ1n) is 8.07. The minimum atomic E-state index is -0.128. The number of carbonyl (C=O) groups excluding carboxylic acids is 1. The van der Waals surface area contributed by atoms with Gasteiger partial charge in [-0.1, -0.05) is 24.3 Å². The molecule has 0 aliphatic heterocycles. The van der Waals surface area contributed by atoms with E-state index in [0.29, 0.717) is 30.2 Å². The van der Waals surface area contributed by atoms with Crippen LogP contribution in [0, 0.1) is 0 Å². The number of fused-ring (bicyclic) bond motifs is 1. The van der Waals surface area contributed by atoms with Gasteiger partial charge >= 0.3 is 0 Å². The third kappa shape index (κ3) is 3.60. The maximum Gasteiger partial charge on any atom is 0.289 e. The Labute approximate surface area is 146 Å². The van der Waals surface area contributed by atoms with Crippen LogP contribution in [0.15, 0.2) is 52.9 Å². The van der Waals surface area contributed by atoms with Crippen molar-refractivity contribution in [3.63, 3.8) is 0 Å². The molecule has 0 saturated carbocycles. The van der Waals surface area contributed by atoms with Gasteiger partial charge in [-0.05, 0) is 36.2 Å². The summed E-state index contributed by atoms with van der Waals surface area (Å²) in [5.74, 6) is 1.61. The molecule has 5 nitrogen and oxygen atoms in total. The lowest BCUT2D eigenvalue weighted by Crippen LogP contribution is -2.28. The highest BCUT2D eigenvalue weighted by Gasteiger charge is 2.16. The third-order valence-corrected chi connectivity index (χ3v) is 4.17. The Morgan fingerprint density at radius 3 is 2.52 bits per heavy atom. The van der Waals surface area contributed by atoms with Crippen LogP contribution in [0.2, 0.25) is 0 Å². The zero-order valence-corrected chi connectivity index (χ0v) is 14.6. The number of amides is 1. The zero-order chi connectivity index (χ0) is 17.8. The molecule has 1 aromatic heterocycles. The summed E-state index contributed by atoms with van der Waals surface area (Å²) >= 11 is 0. The second kappa shape index (κ2) is 7.30. The summed E-state index contributed by atoms with van der Waals surface area (Å²) in [5, 5.41) is 0.930. The first-order chi connectivity index (χ1) is 12.1. The standard InChI is InChI=1S/C20H21NO4/c1-21(11-10-14-8-9-17(23-2)18(12-14)24-3)20(22)19-13-15-6-4-5-7-16(15)25-19/h4-9,12-13H,10-11H2,1-3H3. The molecule has 0 unspecified atom stereocenters. The highest BCUT2D eigenvalue weighted by atomic mass is 16.5. The average molecular weight is 339 g/mol. The molecule has 0 bridgehead atoms. The maximum atomic E-state index is 12.5. The van der Waals surface area contributed by atoms with E-state index in [2.05, 4.69) is 0 Å². The molecule has 1 amide bonds. The number of furan rings is 1. The third-order valence-electron chi connectivity index (χ3n) is 4.17. The lowest BCUT2D eigenvalue weighted by molar-refractivity contribution is 0.0767. The number of rotatable bonds is 6. The Morgan fingerprint density at radius 2 is 1.80 bits per heavy atom. The molecule has 2 aromatic carbocycles. The van der Waals surface area contributed by atoms with Gasteiger partial charge in [-0.2, -0.15) is 0 Å². The molecule has 130 valence electrons. The van der Waals surface area contributed by atoms with E-state index < -0.39 is 0 Å². The van der Waals surface area contributed by atoms with E-state index in [0.717, 1.165) is 16.5 Å².